The van der Waals surface area contributed by atoms with Gasteiger partial charge in [0.25, 0.3) is 5.91 Å². The van der Waals surface area contributed by atoms with E-state index in [4.69, 9.17) is 10.1 Å². The number of aromatic nitrogens is 2. The number of thioether (sulfide) groups is 1. The van der Waals surface area contributed by atoms with Crippen molar-refractivity contribution < 1.29 is 4.79 Å². The highest BCUT2D eigenvalue weighted by Crippen LogP contribution is 2.32. The van der Waals surface area contributed by atoms with Crippen molar-refractivity contribution >= 4 is 28.9 Å². The third kappa shape index (κ3) is 4.49. The van der Waals surface area contributed by atoms with Gasteiger partial charge in [-0.2, -0.15) is 5.10 Å². The molecule has 156 valence electrons. The molecule has 1 aliphatic heterocycles. The van der Waals surface area contributed by atoms with Gasteiger partial charge in [-0.05, 0) is 42.8 Å². The molecule has 5 nitrogen and oxygen atoms in total. The number of rotatable bonds is 4. The molecule has 1 amide bonds. The van der Waals surface area contributed by atoms with Crippen LogP contribution >= 0.6 is 11.8 Å². The molecule has 5 rings (SSSR count). The number of carbonyl (C=O) groups excluding carboxylic acids is 1. The Morgan fingerprint density at radius 3 is 2.45 bits per heavy atom. The number of amides is 1. The van der Waals surface area contributed by atoms with Crippen LogP contribution in [0.15, 0.2) is 76.8 Å². The van der Waals surface area contributed by atoms with E-state index < -0.39 is 0 Å². The summed E-state index contributed by atoms with van der Waals surface area (Å²) in [4.78, 5) is 18.1. The van der Waals surface area contributed by atoms with E-state index in [2.05, 4.69) is 5.32 Å². The van der Waals surface area contributed by atoms with Crippen LogP contribution in [0.2, 0.25) is 0 Å². The Hall–Kier alpha value is -3.12. The van der Waals surface area contributed by atoms with Gasteiger partial charge < -0.3 is 5.32 Å². The first-order valence-corrected chi connectivity index (χ1v) is 11.6. The van der Waals surface area contributed by atoms with Crippen LogP contribution in [0.3, 0.4) is 0 Å². The van der Waals surface area contributed by atoms with Gasteiger partial charge in [-0.25, -0.2) is 4.68 Å². The van der Waals surface area contributed by atoms with Gasteiger partial charge >= 0.3 is 0 Å². The Morgan fingerprint density at radius 2 is 1.71 bits per heavy atom. The van der Waals surface area contributed by atoms with Crippen LogP contribution in [0, 0.1) is 0 Å². The zero-order valence-electron chi connectivity index (χ0n) is 17.2. The summed E-state index contributed by atoms with van der Waals surface area (Å²) in [6.45, 7) is 0. The number of hydrogen-bond acceptors (Lipinski definition) is 4. The second-order valence-corrected chi connectivity index (χ2v) is 8.90. The van der Waals surface area contributed by atoms with E-state index in [0.717, 1.165) is 40.5 Å². The SMILES string of the molecule is O=C1NC(=NC2CCCCC2)S/C1=C\c1cn(-c2ccccc2)nc1-c1ccccc1. The molecule has 2 heterocycles. The second kappa shape index (κ2) is 8.94. The lowest BCUT2D eigenvalue weighted by molar-refractivity contribution is -0.115. The first-order valence-electron chi connectivity index (χ1n) is 10.8. The summed E-state index contributed by atoms with van der Waals surface area (Å²) in [6.07, 6.45) is 9.87. The van der Waals surface area contributed by atoms with E-state index in [1.807, 2.05) is 77.6 Å². The van der Waals surface area contributed by atoms with Crippen molar-refractivity contribution in [1.82, 2.24) is 15.1 Å². The third-order valence-electron chi connectivity index (χ3n) is 5.62. The van der Waals surface area contributed by atoms with Crippen molar-refractivity contribution in [1.29, 1.82) is 0 Å². The van der Waals surface area contributed by atoms with Crippen molar-refractivity contribution in [3.8, 4) is 16.9 Å². The molecule has 3 aromatic rings. The second-order valence-electron chi connectivity index (χ2n) is 7.87. The number of amidine groups is 1. The number of hydrogen-bond donors (Lipinski definition) is 1. The molecular formula is C25H24N4OS. The van der Waals surface area contributed by atoms with Crippen LogP contribution in [0.25, 0.3) is 23.0 Å². The summed E-state index contributed by atoms with van der Waals surface area (Å²) in [6, 6.07) is 20.4. The molecule has 0 bridgehead atoms. The predicted octanol–water partition coefficient (Wildman–Crippen LogP) is 5.43. The van der Waals surface area contributed by atoms with Gasteiger partial charge in [0.15, 0.2) is 5.17 Å². The fourth-order valence-electron chi connectivity index (χ4n) is 4.03. The molecule has 0 radical (unpaired) electrons. The highest BCUT2D eigenvalue weighted by atomic mass is 32.2. The molecule has 0 atom stereocenters. The fourth-order valence-corrected chi connectivity index (χ4v) is 4.92. The smallest absolute Gasteiger partial charge is 0.264 e. The van der Waals surface area contributed by atoms with Crippen molar-refractivity contribution in [2.75, 3.05) is 0 Å². The van der Waals surface area contributed by atoms with Gasteiger partial charge in [0.05, 0.1) is 22.3 Å². The minimum absolute atomic E-state index is 0.0916. The van der Waals surface area contributed by atoms with E-state index in [9.17, 15) is 4.79 Å². The summed E-state index contributed by atoms with van der Waals surface area (Å²) in [5, 5.41) is 8.50. The van der Waals surface area contributed by atoms with Gasteiger partial charge in [0.2, 0.25) is 0 Å². The minimum atomic E-state index is -0.0916. The van der Waals surface area contributed by atoms with Crippen LogP contribution in [-0.4, -0.2) is 26.9 Å². The molecule has 1 saturated heterocycles. The Kier molecular flexibility index (Phi) is 5.71. The van der Waals surface area contributed by atoms with E-state index in [0.29, 0.717) is 10.9 Å². The summed E-state index contributed by atoms with van der Waals surface area (Å²) >= 11 is 1.43. The molecule has 2 aromatic carbocycles. The topological polar surface area (TPSA) is 59.3 Å². The number of carbonyl (C=O) groups is 1. The molecule has 31 heavy (non-hydrogen) atoms. The molecule has 2 fully saturated rings. The minimum Gasteiger partial charge on any atom is -0.301 e. The summed E-state index contributed by atoms with van der Waals surface area (Å²) in [5.74, 6) is -0.0916. The molecule has 6 heteroatoms. The zero-order chi connectivity index (χ0) is 21.0. The number of benzene rings is 2. The molecule has 0 spiro atoms. The number of nitrogens with zero attached hydrogens (tertiary/aromatic N) is 3. The van der Waals surface area contributed by atoms with Crippen LogP contribution < -0.4 is 5.32 Å². The lowest BCUT2D eigenvalue weighted by Gasteiger charge is -2.17. The lowest BCUT2D eigenvalue weighted by atomic mass is 9.96. The molecular weight excluding hydrogens is 404 g/mol. The molecule has 1 saturated carbocycles. The quantitative estimate of drug-likeness (QED) is 0.564. The van der Waals surface area contributed by atoms with Crippen molar-refractivity contribution in [2.24, 2.45) is 4.99 Å². The number of aliphatic imine (C=N–C) groups is 1. The van der Waals surface area contributed by atoms with Gasteiger partial charge in [-0.1, -0.05) is 67.8 Å². The van der Waals surface area contributed by atoms with Crippen LogP contribution in [0.4, 0.5) is 0 Å². The highest BCUT2D eigenvalue weighted by molar-refractivity contribution is 8.18. The first kappa shape index (κ1) is 19.8. The summed E-state index contributed by atoms with van der Waals surface area (Å²) in [7, 11) is 0. The lowest BCUT2D eigenvalue weighted by Crippen LogP contribution is -2.22. The molecule has 2 aliphatic rings. The maximum atomic E-state index is 12.6. The monoisotopic (exact) mass is 428 g/mol. The van der Waals surface area contributed by atoms with Crippen LogP contribution in [0.5, 0.6) is 0 Å². The highest BCUT2D eigenvalue weighted by Gasteiger charge is 2.26. The Bertz CT molecular complexity index is 1130. The largest absolute Gasteiger partial charge is 0.301 e. The van der Waals surface area contributed by atoms with E-state index in [1.165, 1.54) is 31.0 Å². The molecule has 1 aliphatic carbocycles. The van der Waals surface area contributed by atoms with E-state index in [1.54, 1.807) is 0 Å². The third-order valence-corrected chi connectivity index (χ3v) is 6.55. The Morgan fingerprint density at radius 1 is 1.00 bits per heavy atom. The summed E-state index contributed by atoms with van der Waals surface area (Å²) < 4.78 is 1.86. The zero-order valence-corrected chi connectivity index (χ0v) is 18.0. The first-order chi connectivity index (χ1) is 15.3. The Balaban J connectivity index is 1.49. The number of nitrogens with one attached hydrogen (secondary N) is 1. The van der Waals surface area contributed by atoms with Gasteiger partial charge in [0, 0.05) is 17.3 Å². The molecule has 0 unspecified atom stereocenters. The Labute approximate surface area is 186 Å². The van der Waals surface area contributed by atoms with Crippen molar-refractivity contribution in [3.05, 3.63) is 77.3 Å². The van der Waals surface area contributed by atoms with Gasteiger partial charge in [0.1, 0.15) is 0 Å². The maximum Gasteiger partial charge on any atom is 0.264 e. The fraction of sp³-hybridized carbons (Fsp3) is 0.240. The predicted molar refractivity (Wildman–Crippen MR) is 127 cm³/mol. The average Bonchev–Trinajstić information content (AvgIpc) is 3.39. The average molecular weight is 429 g/mol. The standard InChI is InChI=1S/C25H24N4OS/c30-24-22(31-25(27-24)26-20-12-6-2-7-13-20)16-19-17-29(21-14-8-3-9-15-21)28-23(19)18-10-4-1-5-11-18/h1,3-5,8-11,14-17,20H,2,6-7,12-13H2,(H,26,27,30)/b22-16-. The van der Waals surface area contributed by atoms with Crippen molar-refractivity contribution in [2.45, 2.75) is 38.1 Å². The normalized spacial score (nSPS) is 19.8. The van der Waals surface area contributed by atoms with Crippen molar-refractivity contribution in [3.63, 3.8) is 0 Å². The van der Waals surface area contributed by atoms with E-state index >= 15 is 0 Å². The van der Waals surface area contributed by atoms with Gasteiger partial charge in [-0.15, -0.1) is 0 Å². The van der Waals surface area contributed by atoms with Crippen LogP contribution in [0.1, 0.15) is 37.7 Å². The molecule has 1 N–H and O–H groups in total. The summed E-state index contributed by atoms with van der Waals surface area (Å²) in [5.41, 5.74) is 3.76. The van der Waals surface area contributed by atoms with Crippen LogP contribution in [-0.2, 0) is 4.79 Å². The van der Waals surface area contributed by atoms with Gasteiger partial charge in [-0.3, -0.25) is 9.79 Å². The van der Waals surface area contributed by atoms with E-state index in [-0.39, 0.29) is 5.91 Å². The number of para-hydroxylation sites is 1. The molecule has 1 aromatic heterocycles. The maximum absolute atomic E-state index is 12.6.